The molecule has 1 aliphatic carbocycles. The molecule has 1 aromatic heterocycles. The van der Waals surface area contributed by atoms with E-state index < -0.39 is 0 Å². The van der Waals surface area contributed by atoms with Crippen LogP contribution in [0.1, 0.15) is 39.0 Å². The van der Waals surface area contributed by atoms with E-state index in [9.17, 15) is 4.79 Å². The van der Waals surface area contributed by atoms with E-state index in [1.165, 1.54) is 31.0 Å². The molecule has 7 nitrogen and oxygen atoms in total. The Morgan fingerprint density at radius 1 is 1.16 bits per heavy atom. The summed E-state index contributed by atoms with van der Waals surface area (Å²) >= 11 is 7.44. The lowest BCUT2D eigenvalue weighted by Crippen LogP contribution is -2.59. The van der Waals surface area contributed by atoms with Gasteiger partial charge in [-0.2, -0.15) is 0 Å². The summed E-state index contributed by atoms with van der Waals surface area (Å²) in [6.07, 6.45) is 6.05. The van der Waals surface area contributed by atoms with Gasteiger partial charge in [0.05, 0.1) is 19.0 Å². The van der Waals surface area contributed by atoms with Crippen LogP contribution in [0.4, 0.5) is 0 Å². The maximum Gasteiger partial charge on any atom is 0.230 e. The molecule has 1 saturated heterocycles. The molecule has 0 spiro atoms. The molecule has 0 atom stereocenters. The lowest BCUT2D eigenvalue weighted by molar-refractivity contribution is -0.119. The molecule has 1 N–H and O–H groups in total. The number of aromatic nitrogens is 3. The zero-order valence-electron chi connectivity index (χ0n) is 18.7. The van der Waals surface area contributed by atoms with Gasteiger partial charge in [0, 0.05) is 42.3 Å². The van der Waals surface area contributed by atoms with Gasteiger partial charge in [0.1, 0.15) is 0 Å². The number of nitrogens with zero attached hydrogens (tertiary/aromatic N) is 4. The van der Waals surface area contributed by atoms with Gasteiger partial charge in [-0.3, -0.25) is 9.69 Å². The first-order valence-electron chi connectivity index (χ1n) is 11.5. The molecule has 1 saturated carbocycles. The van der Waals surface area contributed by atoms with Crippen LogP contribution in [-0.2, 0) is 16.1 Å². The number of carbonyl (C=O) groups is 1. The van der Waals surface area contributed by atoms with Crippen LogP contribution < -0.4 is 5.32 Å². The molecule has 4 rings (SSSR count). The van der Waals surface area contributed by atoms with E-state index in [1.54, 1.807) is 0 Å². The Balaban J connectivity index is 1.36. The van der Waals surface area contributed by atoms with Crippen LogP contribution in [0.2, 0.25) is 5.02 Å². The van der Waals surface area contributed by atoms with Gasteiger partial charge in [0.25, 0.3) is 0 Å². The molecule has 1 aliphatic heterocycles. The SMILES string of the molecule is CCn1c(SCC(=O)NCC2(N3CCOCC3)CCCCC2)nnc1-c1ccc(Cl)cc1. The predicted octanol–water partition coefficient (Wildman–Crippen LogP) is 3.86. The number of morpholine rings is 1. The molecule has 2 heterocycles. The molecule has 9 heteroatoms. The van der Waals surface area contributed by atoms with Gasteiger partial charge in [0.2, 0.25) is 5.91 Å². The van der Waals surface area contributed by atoms with Crippen LogP contribution >= 0.6 is 23.4 Å². The molecule has 2 fully saturated rings. The fraction of sp³-hybridized carbons (Fsp3) is 0.609. The van der Waals surface area contributed by atoms with Crippen LogP contribution in [0.25, 0.3) is 11.4 Å². The predicted molar refractivity (Wildman–Crippen MR) is 128 cm³/mol. The lowest BCUT2D eigenvalue weighted by atomic mass is 9.79. The second-order valence-corrected chi connectivity index (χ2v) is 9.89. The minimum atomic E-state index is 0.0481. The van der Waals surface area contributed by atoms with Crippen molar-refractivity contribution in [3.63, 3.8) is 0 Å². The Morgan fingerprint density at radius 2 is 1.88 bits per heavy atom. The number of ether oxygens (including phenoxy) is 1. The normalized spacial score (nSPS) is 19.1. The van der Waals surface area contributed by atoms with Gasteiger partial charge in [-0.15, -0.1) is 10.2 Å². The number of hydrogen-bond acceptors (Lipinski definition) is 6. The first-order valence-corrected chi connectivity index (χ1v) is 12.9. The Kier molecular flexibility index (Phi) is 8.10. The summed E-state index contributed by atoms with van der Waals surface area (Å²) in [5.74, 6) is 1.17. The molecule has 0 radical (unpaired) electrons. The average Bonchev–Trinajstić information content (AvgIpc) is 3.26. The van der Waals surface area contributed by atoms with Crippen molar-refractivity contribution in [1.82, 2.24) is 25.0 Å². The van der Waals surface area contributed by atoms with Gasteiger partial charge in [-0.1, -0.05) is 42.6 Å². The van der Waals surface area contributed by atoms with Gasteiger partial charge >= 0.3 is 0 Å². The van der Waals surface area contributed by atoms with Crippen molar-refractivity contribution in [1.29, 1.82) is 0 Å². The molecule has 2 aromatic rings. The third-order valence-corrected chi connectivity index (χ3v) is 7.77. The van der Waals surface area contributed by atoms with Gasteiger partial charge in [-0.25, -0.2) is 0 Å². The van der Waals surface area contributed by atoms with Crippen LogP contribution in [-0.4, -0.2) is 69.7 Å². The Bertz CT molecular complexity index is 892. The Morgan fingerprint density at radius 3 is 2.56 bits per heavy atom. The highest BCUT2D eigenvalue weighted by molar-refractivity contribution is 7.99. The van der Waals surface area contributed by atoms with Crippen molar-refractivity contribution in [3.8, 4) is 11.4 Å². The molecule has 1 aromatic carbocycles. The van der Waals surface area contributed by atoms with E-state index in [2.05, 4.69) is 27.3 Å². The zero-order valence-corrected chi connectivity index (χ0v) is 20.3. The minimum Gasteiger partial charge on any atom is -0.379 e. The maximum absolute atomic E-state index is 12.8. The topological polar surface area (TPSA) is 72.3 Å². The standard InChI is InChI=1S/C23H32ClN5O2S/c1-2-29-21(18-6-8-19(24)9-7-18)26-27-22(29)32-16-20(30)25-17-23(10-4-3-5-11-23)28-12-14-31-15-13-28/h6-9H,2-5,10-17H2,1H3,(H,25,30). The Labute approximate surface area is 199 Å². The van der Waals surface area contributed by atoms with Gasteiger partial charge in [0.15, 0.2) is 11.0 Å². The van der Waals surface area contributed by atoms with E-state index in [4.69, 9.17) is 16.3 Å². The highest BCUT2D eigenvalue weighted by Gasteiger charge is 2.38. The third kappa shape index (κ3) is 5.47. The van der Waals surface area contributed by atoms with Crippen LogP contribution in [0.15, 0.2) is 29.4 Å². The number of hydrogen-bond donors (Lipinski definition) is 1. The van der Waals surface area contributed by atoms with Crippen LogP contribution in [0, 0.1) is 0 Å². The largest absolute Gasteiger partial charge is 0.379 e. The van der Waals surface area contributed by atoms with E-state index >= 15 is 0 Å². The lowest BCUT2D eigenvalue weighted by Gasteiger charge is -2.48. The minimum absolute atomic E-state index is 0.0481. The smallest absolute Gasteiger partial charge is 0.230 e. The van der Waals surface area contributed by atoms with Gasteiger partial charge in [-0.05, 0) is 44.0 Å². The quantitative estimate of drug-likeness (QED) is 0.582. The van der Waals surface area contributed by atoms with E-state index in [0.29, 0.717) is 17.3 Å². The van der Waals surface area contributed by atoms with Crippen LogP contribution in [0.3, 0.4) is 0 Å². The van der Waals surface area contributed by atoms with Crippen molar-refractivity contribution in [2.75, 3.05) is 38.6 Å². The van der Waals surface area contributed by atoms with Crippen molar-refractivity contribution in [3.05, 3.63) is 29.3 Å². The number of carbonyl (C=O) groups excluding carboxylic acids is 1. The summed E-state index contributed by atoms with van der Waals surface area (Å²) in [5.41, 5.74) is 1.04. The highest BCUT2D eigenvalue weighted by atomic mass is 35.5. The van der Waals surface area contributed by atoms with Crippen molar-refractivity contribution in [2.45, 2.75) is 56.3 Å². The number of amides is 1. The number of thioether (sulfide) groups is 1. The van der Waals surface area contributed by atoms with E-state index in [-0.39, 0.29) is 11.4 Å². The molecular weight excluding hydrogens is 446 g/mol. The number of rotatable bonds is 8. The second-order valence-electron chi connectivity index (χ2n) is 8.51. The van der Waals surface area contributed by atoms with Crippen molar-refractivity contribution >= 4 is 29.3 Å². The average molecular weight is 478 g/mol. The summed E-state index contributed by atoms with van der Waals surface area (Å²) in [5, 5.41) is 13.4. The first kappa shape index (κ1) is 23.5. The number of halogens is 1. The molecule has 0 bridgehead atoms. The third-order valence-electron chi connectivity index (χ3n) is 6.55. The maximum atomic E-state index is 12.8. The van der Waals surface area contributed by atoms with E-state index in [1.807, 2.05) is 28.8 Å². The monoisotopic (exact) mass is 477 g/mol. The summed E-state index contributed by atoms with van der Waals surface area (Å²) in [4.78, 5) is 15.3. The molecule has 0 unspecified atom stereocenters. The Hall–Kier alpha value is -1.61. The fourth-order valence-corrected chi connectivity index (χ4v) is 5.75. The van der Waals surface area contributed by atoms with Crippen molar-refractivity contribution in [2.24, 2.45) is 0 Å². The molecule has 32 heavy (non-hydrogen) atoms. The van der Waals surface area contributed by atoms with E-state index in [0.717, 1.165) is 62.2 Å². The summed E-state index contributed by atoms with van der Waals surface area (Å²) in [7, 11) is 0. The van der Waals surface area contributed by atoms with Gasteiger partial charge < -0.3 is 14.6 Å². The fourth-order valence-electron chi connectivity index (χ4n) is 4.79. The first-order chi connectivity index (χ1) is 15.6. The number of benzene rings is 1. The molecule has 174 valence electrons. The number of nitrogens with one attached hydrogen (secondary N) is 1. The summed E-state index contributed by atoms with van der Waals surface area (Å²) in [6, 6.07) is 7.58. The summed E-state index contributed by atoms with van der Waals surface area (Å²) < 4.78 is 7.60. The zero-order chi connectivity index (χ0) is 22.4. The molecule has 1 amide bonds. The summed E-state index contributed by atoms with van der Waals surface area (Å²) in [6.45, 7) is 6.98. The van der Waals surface area contributed by atoms with Crippen LogP contribution in [0.5, 0.6) is 0 Å². The second kappa shape index (κ2) is 11.0. The highest BCUT2D eigenvalue weighted by Crippen LogP contribution is 2.34. The molecular formula is C23H32ClN5O2S. The van der Waals surface area contributed by atoms with Crippen molar-refractivity contribution < 1.29 is 9.53 Å². The molecule has 2 aliphatic rings.